The molecule has 1 aromatic rings. The van der Waals surface area contributed by atoms with Gasteiger partial charge in [-0.15, -0.1) is 0 Å². The first-order chi connectivity index (χ1) is 9.37. The molecule has 0 amide bonds. The molecule has 0 spiro atoms. The minimum absolute atomic E-state index is 0.246. The zero-order chi connectivity index (χ0) is 15.3. The van der Waals surface area contributed by atoms with Crippen molar-refractivity contribution in [3.63, 3.8) is 0 Å². The van der Waals surface area contributed by atoms with Gasteiger partial charge in [-0.1, -0.05) is 20.8 Å². The molecule has 20 heavy (non-hydrogen) atoms. The predicted molar refractivity (Wildman–Crippen MR) is 77.7 cm³/mol. The molecule has 1 aromatic carbocycles. The molecule has 0 aliphatic rings. The molecule has 0 radical (unpaired) electrons. The third kappa shape index (κ3) is 3.76. The Bertz CT molecular complexity index is 414. The van der Waals surface area contributed by atoms with Gasteiger partial charge in [0.15, 0.2) is 0 Å². The van der Waals surface area contributed by atoms with Crippen molar-refractivity contribution < 1.29 is 13.9 Å². The van der Waals surface area contributed by atoms with E-state index in [9.17, 15) is 13.9 Å². The van der Waals surface area contributed by atoms with Gasteiger partial charge in [0, 0.05) is 18.0 Å². The molecule has 114 valence electrons. The molecule has 2 nitrogen and oxygen atoms in total. The Hall–Kier alpha value is -1.00. The van der Waals surface area contributed by atoms with Crippen LogP contribution in [0.3, 0.4) is 0 Å². The number of rotatable bonds is 7. The molecule has 0 saturated carbocycles. The Labute approximate surface area is 120 Å². The van der Waals surface area contributed by atoms with Crippen LogP contribution in [0.25, 0.3) is 0 Å². The summed E-state index contributed by atoms with van der Waals surface area (Å²) in [5, 5.41) is 10.5. The number of halogens is 2. The minimum atomic E-state index is -0.673. The standard InChI is InChI=1S/C16H25F2NO/c1-5-16(4,19(6-2)7-3)15(20)10-12-8-13(17)11-14(18)9-12/h8-9,11,15,20H,5-7,10H2,1-4H3. The zero-order valence-electron chi connectivity index (χ0n) is 12.8. The van der Waals surface area contributed by atoms with Gasteiger partial charge in [0.1, 0.15) is 11.6 Å². The Balaban J connectivity index is 2.94. The lowest BCUT2D eigenvalue weighted by Gasteiger charge is -2.43. The fourth-order valence-electron chi connectivity index (χ4n) is 2.79. The van der Waals surface area contributed by atoms with Gasteiger partial charge in [-0.05, 0) is 44.1 Å². The highest BCUT2D eigenvalue weighted by Gasteiger charge is 2.35. The van der Waals surface area contributed by atoms with E-state index in [1.54, 1.807) is 0 Å². The molecule has 2 atom stereocenters. The molecule has 0 aliphatic heterocycles. The molecular formula is C16H25F2NO. The molecule has 1 rings (SSSR count). The van der Waals surface area contributed by atoms with Crippen molar-refractivity contribution in [2.45, 2.75) is 52.2 Å². The largest absolute Gasteiger partial charge is 0.391 e. The van der Waals surface area contributed by atoms with Gasteiger partial charge < -0.3 is 5.11 Å². The Morgan fingerprint density at radius 3 is 2.00 bits per heavy atom. The summed E-state index contributed by atoms with van der Waals surface area (Å²) in [6, 6.07) is 3.41. The first kappa shape index (κ1) is 17.1. The average molecular weight is 285 g/mol. The van der Waals surface area contributed by atoms with Crippen LogP contribution in [0.5, 0.6) is 0 Å². The lowest BCUT2D eigenvalue weighted by molar-refractivity contribution is -0.0190. The SMILES string of the molecule is CCN(CC)C(C)(CC)C(O)Cc1cc(F)cc(F)c1. The second-order valence-electron chi connectivity index (χ2n) is 5.38. The van der Waals surface area contributed by atoms with Crippen LogP contribution in [0.4, 0.5) is 8.78 Å². The van der Waals surface area contributed by atoms with E-state index < -0.39 is 23.3 Å². The molecule has 0 aliphatic carbocycles. The van der Waals surface area contributed by atoms with Crippen LogP contribution in [0.1, 0.15) is 39.7 Å². The van der Waals surface area contributed by atoms with E-state index in [4.69, 9.17) is 0 Å². The highest BCUT2D eigenvalue weighted by molar-refractivity contribution is 5.19. The summed E-state index contributed by atoms with van der Waals surface area (Å²) in [7, 11) is 0. The van der Waals surface area contributed by atoms with Gasteiger partial charge in [0.2, 0.25) is 0 Å². The van der Waals surface area contributed by atoms with Crippen LogP contribution < -0.4 is 0 Å². The van der Waals surface area contributed by atoms with E-state index in [0.717, 1.165) is 25.6 Å². The molecule has 1 N–H and O–H groups in total. The lowest BCUT2D eigenvalue weighted by Crippen LogP contribution is -2.54. The van der Waals surface area contributed by atoms with Crippen molar-refractivity contribution >= 4 is 0 Å². The highest BCUT2D eigenvalue weighted by Crippen LogP contribution is 2.26. The van der Waals surface area contributed by atoms with Gasteiger partial charge in [-0.25, -0.2) is 8.78 Å². The maximum Gasteiger partial charge on any atom is 0.126 e. The molecule has 0 fully saturated rings. The summed E-state index contributed by atoms with van der Waals surface area (Å²) in [5.74, 6) is -1.21. The lowest BCUT2D eigenvalue weighted by atomic mass is 9.85. The maximum absolute atomic E-state index is 13.2. The fourth-order valence-corrected chi connectivity index (χ4v) is 2.79. The number of hydrogen-bond donors (Lipinski definition) is 1. The third-order valence-electron chi connectivity index (χ3n) is 4.27. The summed E-state index contributed by atoms with van der Waals surface area (Å²) >= 11 is 0. The van der Waals surface area contributed by atoms with E-state index in [2.05, 4.69) is 4.90 Å². The number of aliphatic hydroxyl groups excluding tert-OH is 1. The topological polar surface area (TPSA) is 23.5 Å². The number of benzene rings is 1. The van der Waals surface area contributed by atoms with E-state index in [-0.39, 0.29) is 6.42 Å². The molecule has 0 bridgehead atoms. The summed E-state index contributed by atoms with van der Waals surface area (Å²) in [4.78, 5) is 2.19. The van der Waals surface area contributed by atoms with Crippen LogP contribution in [-0.4, -0.2) is 34.7 Å². The van der Waals surface area contributed by atoms with Gasteiger partial charge in [-0.3, -0.25) is 4.90 Å². The summed E-state index contributed by atoms with van der Waals surface area (Å²) in [5.41, 5.74) is 0.0913. The number of likely N-dealkylation sites (N-methyl/N-ethyl adjacent to an activating group) is 1. The molecule has 2 unspecified atom stereocenters. The third-order valence-corrected chi connectivity index (χ3v) is 4.27. The first-order valence-electron chi connectivity index (χ1n) is 7.25. The zero-order valence-corrected chi connectivity index (χ0v) is 12.8. The van der Waals surface area contributed by atoms with Gasteiger partial charge >= 0.3 is 0 Å². The molecule has 4 heteroatoms. The smallest absolute Gasteiger partial charge is 0.126 e. The summed E-state index contributed by atoms with van der Waals surface area (Å²) in [6.45, 7) is 9.77. The molecule has 0 aromatic heterocycles. The van der Waals surface area contributed by atoms with Crippen molar-refractivity contribution in [1.82, 2.24) is 4.90 Å². The predicted octanol–water partition coefficient (Wildman–Crippen LogP) is 3.38. The van der Waals surface area contributed by atoms with Gasteiger partial charge in [-0.2, -0.15) is 0 Å². The first-order valence-corrected chi connectivity index (χ1v) is 7.25. The van der Waals surface area contributed by atoms with Crippen molar-refractivity contribution in [3.8, 4) is 0 Å². The number of aliphatic hydroxyl groups is 1. The summed E-state index contributed by atoms with van der Waals surface area (Å²) in [6.07, 6.45) is 0.344. The Kier molecular flexibility index (Phi) is 6.08. The van der Waals surface area contributed by atoms with E-state index in [0.29, 0.717) is 5.56 Å². The quantitative estimate of drug-likeness (QED) is 0.830. The molecular weight excluding hydrogens is 260 g/mol. The Morgan fingerprint density at radius 2 is 1.60 bits per heavy atom. The van der Waals surface area contributed by atoms with Crippen molar-refractivity contribution in [2.75, 3.05) is 13.1 Å². The second-order valence-corrected chi connectivity index (χ2v) is 5.38. The Morgan fingerprint density at radius 1 is 1.10 bits per heavy atom. The van der Waals surface area contributed by atoms with Crippen LogP contribution in [0, 0.1) is 11.6 Å². The highest BCUT2D eigenvalue weighted by atomic mass is 19.1. The van der Waals surface area contributed by atoms with E-state index in [1.807, 2.05) is 27.7 Å². The number of nitrogens with zero attached hydrogens (tertiary/aromatic N) is 1. The van der Waals surface area contributed by atoms with Crippen molar-refractivity contribution in [1.29, 1.82) is 0 Å². The second kappa shape index (κ2) is 7.14. The van der Waals surface area contributed by atoms with Gasteiger partial charge in [0.25, 0.3) is 0 Å². The summed E-state index contributed by atoms with van der Waals surface area (Å²) < 4.78 is 26.4. The van der Waals surface area contributed by atoms with Gasteiger partial charge in [0.05, 0.1) is 6.10 Å². The maximum atomic E-state index is 13.2. The van der Waals surface area contributed by atoms with E-state index in [1.165, 1.54) is 12.1 Å². The molecule has 0 heterocycles. The van der Waals surface area contributed by atoms with Crippen molar-refractivity contribution in [2.24, 2.45) is 0 Å². The van der Waals surface area contributed by atoms with Crippen LogP contribution in [0.2, 0.25) is 0 Å². The fraction of sp³-hybridized carbons (Fsp3) is 0.625. The minimum Gasteiger partial charge on any atom is -0.391 e. The monoisotopic (exact) mass is 285 g/mol. The van der Waals surface area contributed by atoms with Crippen LogP contribution in [-0.2, 0) is 6.42 Å². The van der Waals surface area contributed by atoms with Crippen LogP contribution >= 0.6 is 0 Å². The van der Waals surface area contributed by atoms with Crippen molar-refractivity contribution in [3.05, 3.63) is 35.4 Å². The van der Waals surface area contributed by atoms with Crippen LogP contribution in [0.15, 0.2) is 18.2 Å². The average Bonchev–Trinajstić information content (AvgIpc) is 2.38. The molecule has 0 saturated heterocycles. The van der Waals surface area contributed by atoms with E-state index >= 15 is 0 Å². The normalized spacial score (nSPS) is 16.2. The number of hydrogen-bond acceptors (Lipinski definition) is 2.